The molecular formula is C31H38N4O6S. The maximum atomic E-state index is 14.5. The number of fused-ring (bicyclic) bond motifs is 5. The van der Waals surface area contributed by atoms with Gasteiger partial charge in [-0.1, -0.05) is 54.5 Å². The number of aliphatic hydroxyl groups excluding tert-OH is 1. The van der Waals surface area contributed by atoms with Crippen LogP contribution >= 0.6 is 0 Å². The summed E-state index contributed by atoms with van der Waals surface area (Å²) in [7, 11) is -0.521. The highest BCUT2D eigenvalue weighted by Gasteiger charge is 2.36. The van der Waals surface area contributed by atoms with Crippen LogP contribution in [-0.4, -0.2) is 77.3 Å². The Hall–Kier alpha value is -3.51. The van der Waals surface area contributed by atoms with Crippen LogP contribution in [0.1, 0.15) is 41.4 Å². The van der Waals surface area contributed by atoms with Crippen LogP contribution in [0.5, 0.6) is 0 Å². The molecule has 0 fully saturated rings. The molecular weight excluding hydrogens is 556 g/mol. The lowest BCUT2D eigenvalue weighted by Crippen LogP contribution is -2.48. The molecule has 2 aromatic heterocycles. The number of aliphatic hydroxyl groups is 1. The van der Waals surface area contributed by atoms with Crippen molar-refractivity contribution >= 4 is 26.8 Å². The zero-order valence-electron chi connectivity index (χ0n) is 24.9. The maximum absolute atomic E-state index is 14.5. The summed E-state index contributed by atoms with van der Waals surface area (Å²) in [6.07, 6.45) is -0.572. The fourth-order valence-corrected chi connectivity index (χ4v) is 7.34. The average molecular weight is 595 g/mol. The van der Waals surface area contributed by atoms with Gasteiger partial charge in [-0.15, -0.1) is 0 Å². The molecule has 1 aliphatic heterocycles. The van der Waals surface area contributed by atoms with Gasteiger partial charge in [-0.3, -0.25) is 4.79 Å². The second kappa shape index (κ2) is 11.6. The van der Waals surface area contributed by atoms with E-state index in [0.29, 0.717) is 11.4 Å². The third-order valence-corrected chi connectivity index (χ3v) is 10.4. The van der Waals surface area contributed by atoms with Gasteiger partial charge in [0.25, 0.3) is 5.91 Å². The summed E-state index contributed by atoms with van der Waals surface area (Å²) in [5.74, 6) is -0.263. The Morgan fingerprint density at radius 2 is 1.83 bits per heavy atom. The molecule has 0 saturated heterocycles. The van der Waals surface area contributed by atoms with Crippen LogP contribution in [-0.2, 0) is 28.4 Å². The van der Waals surface area contributed by atoms with Crippen LogP contribution in [0.2, 0.25) is 0 Å². The molecule has 11 heteroatoms. The normalized spacial score (nSPS) is 19.0. The summed E-state index contributed by atoms with van der Waals surface area (Å²) in [6.45, 7) is 7.22. The van der Waals surface area contributed by atoms with Crippen LogP contribution < -0.4 is 0 Å². The van der Waals surface area contributed by atoms with Crippen LogP contribution in [0.25, 0.3) is 22.0 Å². The van der Waals surface area contributed by atoms with E-state index in [9.17, 15) is 18.3 Å². The molecule has 0 saturated carbocycles. The van der Waals surface area contributed by atoms with E-state index in [-0.39, 0.29) is 48.8 Å². The molecule has 4 aromatic rings. The van der Waals surface area contributed by atoms with Crippen molar-refractivity contribution in [1.82, 2.24) is 18.9 Å². The van der Waals surface area contributed by atoms with Gasteiger partial charge in [0.1, 0.15) is 16.3 Å². The number of ether oxygens (including phenoxy) is 1. The predicted octanol–water partition coefficient (Wildman–Crippen LogP) is 4.13. The first kappa shape index (κ1) is 30.0. The van der Waals surface area contributed by atoms with E-state index in [4.69, 9.17) is 9.26 Å². The van der Waals surface area contributed by atoms with Crippen molar-refractivity contribution in [3.63, 3.8) is 0 Å². The quantitative estimate of drug-likeness (QED) is 0.357. The molecule has 224 valence electrons. The van der Waals surface area contributed by atoms with Crippen LogP contribution in [0.15, 0.2) is 57.9 Å². The van der Waals surface area contributed by atoms with E-state index in [2.05, 4.69) is 5.16 Å². The van der Waals surface area contributed by atoms with Gasteiger partial charge in [0, 0.05) is 49.6 Å². The van der Waals surface area contributed by atoms with Gasteiger partial charge in [-0.2, -0.15) is 4.31 Å². The number of aromatic nitrogens is 2. The Morgan fingerprint density at radius 1 is 1.14 bits per heavy atom. The number of rotatable bonds is 6. The lowest BCUT2D eigenvalue weighted by molar-refractivity contribution is -0.0147. The van der Waals surface area contributed by atoms with Gasteiger partial charge in [-0.05, 0) is 38.0 Å². The highest BCUT2D eigenvalue weighted by Crippen LogP contribution is 2.38. The van der Waals surface area contributed by atoms with Crippen molar-refractivity contribution in [2.24, 2.45) is 13.0 Å². The Kier molecular flexibility index (Phi) is 8.30. The number of carbonyl (C=O) groups excluding carboxylic acids is 1. The number of likely N-dealkylation sites (N-methyl/N-ethyl adjacent to an activating group) is 1. The second-order valence-electron chi connectivity index (χ2n) is 11.2. The summed E-state index contributed by atoms with van der Waals surface area (Å²) >= 11 is 0. The summed E-state index contributed by atoms with van der Waals surface area (Å²) in [4.78, 5) is 16.2. The predicted molar refractivity (Wildman–Crippen MR) is 159 cm³/mol. The van der Waals surface area contributed by atoms with Crippen molar-refractivity contribution < 1.29 is 27.6 Å². The minimum atomic E-state index is -3.92. The fourth-order valence-electron chi connectivity index (χ4n) is 5.88. The number of amides is 1. The Balaban J connectivity index is 1.62. The molecule has 3 heterocycles. The van der Waals surface area contributed by atoms with Gasteiger partial charge in [0.15, 0.2) is 5.76 Å². The number of nitrogens with zero attached hydrogens (tertiary/aromatic N) is 4. The average Bonchev–Trinajstić information content (AvgIpc) is 3.47. The number of para-hydroxylation sites is 1. The molecule has 0 radical (unpaired) electrons. The van der Waals surface area contributed by atoms with Crippen LogP contribution in [0.4, 0.5) is 0 Å². The first-order valence-corrected chi connectivity index (χ1v) is 15.5. The summed E-state index contributed by atoms with van der Waals surface area (Å²) < 4.78 is 42.0. The number of aryl methyl sites for hydroxylation is 3. The topological polar surface area (TPSA) is 118 Å². The largest absolute Gasteiger partial charge is 0.394 e. The van der Waals surface area contributed by atoms with Crippen molar-refractivity contribution in [3.8, 4) is 11.1 Å². The molecule has 3 atom stereocenters. The van der Waals surface area contributed by atoms with Crippen LogP contribution in [0, 0.1) is 19.8 Å². The number of hydrogen-bond acceptors (Lipinski definition) is 7. The van der Waals surface area contributed by atoms with E-state index >= 15 is 0 Å². The Bertz CT molecular complexity index is 1710. The summed E-state index contributed by atoms with van der Waals surface area (Å²) in [6, 6.07) is 15.3. The summed E-state index contributed by atoms with van der Waals surface area (Å²) in [5.41, 5.74) is 4.34. The molecule has 1 amide bonds. The summed E-state index contributed by atoms with van der Waals surface area (Å²) in [5, 5.41) is 15.0. The molecule has 2 aromatic carbocycles. The van der Waals surface area contributed by atoms with Gasteiger partial charge >= 0.3 is 0 Å². The number of carbonyl (C=O) groups is 1. The molecule has 10 nitrogen and oxygen atoms in total. The Morgan fingerprint density at radius 3 is 2.52 bits per heavy atom. The fraction of sp³-hybridized carbons (Fsp3) is 0.419. The minimum Gasteiger partial charge on any atom is -0.394 e. The number of hydrogen-bond donors (Lipinski definition) is 1. The molecule has 42 heavy (non-hydrogen) atoms. The molecule has 0 unspecified atom stereocenters. The SMILES string of the molecule is Cc1noc(C)c1S(=O)(=O)N(C)C[C@@H]1OCc2ccccc2-c2c(n(C)c3ccccc23)C(=O)N([C@H](C)CO)C[C@H]1C. The third-order valence-electron chi connectivity index (χ3n) is 8.30. The highest BCUT2D eigenvalue weighted by atomic mass is 32.2. The first-order chi connectivity index (χ1) is 20.0. The zero-order valence-corrected chi connectivity index (χ0v) is 25.7. The van der Waals surface area contributed by atoms with Gasteiger partial charge in [-0.25, -0.2) is 8.42 Å². The van der Waals surface area contributed by atoms with E-state index in [1.807, 2.05) is 74.0 Å². The van der Waals surface area contributed by atoms with Crippen molar-refractivity contribution in [2.75, 3.05) is 26.7 Å². The van der Waals surface area contributed by atoms with Crippen molar-refractivity contribution in [2.45, 2.75) is 51.3 Å². The second-order valence-corrected chi connectivity index (χ2v) is 13.2. The maximum Gasteiger partial charge on any atom is 0.271 e. The highest BCUT2D eigenvalue weighted by molar-refractivity contribution is 7.89. The molecule has 1 aliphatic rings. The van der Waals surface area contributed by atoms with Gasteiger partial charge < -0.3 is 23.8 Å². The number of benzene rings is 2. The van der Waals surface area contributed by atoms with Crippen LogP contribution in [0.3, 0.4) is 0 Å². The van der Waals surface area contributed by atoms with E-state index < -0.39 is 22.2 Å². The monoisotopic (exact) mass is 594 g/mol. The lowest BCUT2D eigenvalue weighted by atomic mass is 9.96. The number of sulfonamides is 1. The smallest absolute Gasteiger partial charge is 0.271 e. The molecule has 0 spiro atoms. The standard InChI is InChI=1S/C31H38N4O6S/c1-19-15-35(20(2)17-36)31(37)29-28(25-13-9-10-14-26(25)34(29)6)24-12-8-7-11-23(24)18-40-27(19)16-33(5)42(38,39)30-21(3)32-41-22(30)4/h7-14,19-20,27,36H,15-18H2,1-6H3/t19-,20-,27+/m1/s1. The molecule has 1 N–H and O–H groups in total. The molecule has 5 rings (SSSR count). The van der Waals surface area contributed by atoms with E-state index in [0.717, 1.165) is 27.6 Å². The van der Waals surface area contributed by atoms with Crippen molar-refractivity contribution in [1.29, 1.82) is 0 Å². The Labute approximate surface area is 246 Å². The van der Waals surface area contributed by atoms with Gasteiger partial charge in [0.2, 0.25) is 10.0 Å². The third kappa shape index (κ3) is 5.15. The molecule has 0 bridgehead atoms. The lowest BCUT2D eigenvalue weighted by Gasteiger charge is -2.34. The molecule has 0 aliphatic carbocycles. The van der Waals surface area contributed by atoms with Gasteiger partial charge in [0.05, 0.1) is 25.4 Å². The first-order valence-electron chi connectivity index (χ1n) is 14.1. The van der Waals surface area contributed by atoms with Crippen molar-refractivity contribution in [3.05, 3.63) is 71.2 Å². The van der Waals surface area contributed by atoms with E-state index in [1.54, 1.807) is 18.7 Å². The van der Waals surface area contributed by atoms with E-state index in [1.165, 1.54) is 11.4 Å². The minimum absolute atomic E-state index is 0.0428. The zero-order chi connectivity index (χ0) is 30.3.